The van der Waals surface area contributed by atoms with E-state index in [1.165, 1.54) is 0 Å². The summed E-state index contributed by atoms with van der Waals surface area (Å²) in [6.07, 6.45) is 4.87. The van der Waals surface area contributed by atoms with E-state index in [1.807, 2.05) is 6.20 Å². The Morgan fingerprint density at radius 2 is 2.46 bits per heavy atom. The standard InChI is InChI=1S/C8H14N4O/c1-8-7-11(4-2-6-13-8)12-5-3-9-10-12/h3,5,8H,2,4,6-7H2,1H3. The predicted octanol–water partition coefficient (Wildman–Crippen LogP) is 0.0249. The molecule has 2 heterocycles. The molecule has 1 aromatic rings. The van der Waals surface area contributed by atoms with Crippen LogP contribution in [0.15, 0.2) is 12.4 Å². The zero-order valence-electron chi connectivity index (χ0n) is 7.76. The van der Waals surface area contributed by atoms with E-state index >= 15 is 0 Å². The van der Waals surface area contributed by atoms with Gasteiger partial charge >= 0.3 is 0 Å². The van der Waals surface area contributed by atoms with E-state index in [1.54, 1.807) is 11.0 Å². The van der Waals surface area contributed by atoms with E-state index in [-0.39, 0.29) is 6.10 Å². The zero-order valence-corrected chi connectivity index (χ0v) is 7.76. The molecule has 0 saturated carbocycles. The molecule has 0 spiro atoms. The van der Waals surface area contributed by atoms with Gasteiger partial charge in [0.15, 0.2) is 0 Å². The van der Waals surface area contributed by atoms with Crippen molar-refractivity contribution in [1.82, 2.24) is 15.1 Å². The Hall–Kier alpha value is -1.10. The molecule has 13 heavy (non-hydrogen) atoms. The average molecular weight is 182 g/mol. The summed E-state index contributed by atoms with van der Waals surface area (Å²) in [7, 11) is 0. The van der Waals surface area contributed by atoms with Crippen LogP contribution in [-0.2, 0) is 4.74 Å². The second kappa shape index (κ2) is 3.74. The monoisotopic (exact) mass is 182 g/mol. The Kier molecular flexibility index (Phi) is 2.44. The number of hydrogen-bond acceptors (Lipinski definition) is 4. The summed E-state index contributed by atoms with van der Waals surface area (Å²) in [6.45, 7) is 4.78. The second-order valence-electron chi connectivity index (χ2n) is 3.27. The molecule has 1 aromatic heterocycles. The van der Waals surface area contributed by atoms with Gasteiger partial charge < -0.3 is 4.74 Å². The Morgan fingerprint density at radius 1 is 1.54 bits per heavy atom. The summed E-state index contributed by atoms with van der Waals surface area (Å²) in [5.74, 6) is 0. The van der Waals surface area contributed by atoms with E-state index in [0.29, 0.717) is 0 Å². The van der Waals surface area contributed by atoms with Crippen molar-refractivity contribution in [2.45, 2.75) is 19.4 Å². The predicted molar refractivity (Wildman–Crippen MR) is 48.0 cm³/mol. The number of nitrogens with zero attached hydrogens (tertiary/aromatic N) is 4. The number of rotatable bonds is 1. The molecule has 0 amide bonds. The van der Waals surface area contributed by atoms with Crippen LogP contribution in [-0.4, -0.2) is 40.9 Å². The van der Waals surface area contributed by atoms with Gasteiger partial charge in [0.05, 0.1) is 25.0 Å². The maximum absolute atomic E-state index is 5.53. The van der Waals surface area contributed by atoms with Gasteiger partial charge in [-0.15, -0.1) is 5.10 Å². The molecule has 5 nitrogen and oxygen atoms in total. The summed E-state index contributed by atoms with van der Waals surface area (Å²) in [4.78, 5) is 1.78. The minimum atomic E-state index is 0.270. The van der Waals surface area contributed by atoms with Gasteiger partial charge in [0.2, 0.25) is 0 Å². The van der Waals surface area contributed by atoms with Crippen molar-refractivity contribution < 1.29 is 4.74 Å². The lowest BCUT2D eigenvalue weighted by Gasteiger charge is -2.22. The van der Waals surface area contributed by atoms with Crippen molar-refractivity contribution in [2.75, 3.05) is 24.7 Å². The first-order chi connectivity index (χ1) is 6.36. The third-order valence-corrected chi connectivity index (χ3v) is 2.13. The molecular formula is C8H14N4O. The van der Waals surface area contributed by atoms with Crippen LogP contribution in [0.3, 0.4) is 0 Å². The van der Waals surface area contributed by atoms with Crippen molar-refractivity contribution in [2.24, 2.45) is 0 Å². The lowest BCUT2D eigenvalue weighted by molar-refractivity contribution is 0.0805. The Balaban J connectivity index is 2.05. The van der Waals surface area contributed by atoms with E-state index in [0.717, 1.165) is 26.1 Å². The molecule has 5 heteroatoms. The molecule has 0 bridgehead atoms. The van der Waals surface area contributed by atoms with Gasteiger partial charge in [0.25, 0.3) is 0 Å². The zero-order chi connectivity index (χ0) is 9.10. The highest BCUT2D eigenvalue weighted by atomic mass is 16.5. The molecule has 1 unspecified atom stereocenters. The van der Waals surface area contributed by atoms with Crippen LogP contribution in [0.5, 0.6) is 0 Å². The average Bonchev–Trinajstić information content (AvgIpc) is 2.56. The van der Waals surface area contributed by atoms with Crippen molar-refractivity contribution in [3.05, 3.63) is 12.4 Å². The molecular weight excluding hydrogens is 168 g/mol. The van der Waals surface area contributed by atoms with E-state index in [9.17, 15) is 0 Å². The van der Waals surface area contributed by atoms with Crippen LogP contribution < -0.4 is 5.01 Å². The third-order valence-electron chi connectivity index (χ3n) is 2.13. The van der Waals surface area contributed by atoms with Crippen molar-refractivity contribution in [3.8, 4) is 0 Å². The fourth-order valence-electron chi connectivity index (χ4n) is 1.51. The summed E-state index contributed by atoms with van der Waals surface area (Å²) in [5.41, 5.74) is 0. The van der Waals surface area contributed by atoms with Crippen molar-refractivity contribution >= 4 is 0 Å². The van der Waals surface area contributed by atoms with Gasteiger partial charge in [-0.05, 0) is 18.6 Å². The van der Waals surface area contributed by atoms with Gasteiger partial charge in [-0.3, -0.25) is 5.01 Å². The van der Waals surface area contributed by atoms with Gasteiger partial charge in [-0.25, -0.2) is 0 Å². The third kappa shape index (κ3) is 1.98. The largest absolute Gasteiger partial charge is 0.377 e. The van der Waals surface area contributed by atoms with Crippen molar-refractivity contribution in [3.63, 3.8) is 0 Å². The molecule has 1 saturated heterocycles. The second-order valence-corrected chi connectivity index (χ2v) is 3.27. The quantitative estimate of drug-likeness (QED) is 0.614. The van der Waals surface area contributed by atoms with Gasteiger partial charge in [-0.2, -0.15) is 4.79 Å². The maximum Gasteiger partial charge on any atom is 0.0738 e. The van der Waals surface area contributed by atoms with E-state index in [2.05, 4.69) is 22.2 Å². The topological polar surface area (TPSA) is 43.2 Å². The van der Waals surface area contributed by atoms with Gasteiger partial charge in [0, 0.05) is 13.2 Å². The fourth-order valence-corrected chi connectivity index (χ4v) is 1.51. The first-order valence-corrected chi connectivity index (χ1v) is 4.59. The molecule has 1 aliphatic rings. The minimum absolute atomic E-state index is 0.270. The summed E-state index contributed by atoms with van der Waals surface area (Å²) in [5, 5.41) is 9.88. The van der Waals surface area contributed by atoms with Crippen LogP contribution in [0.25, 0.3) is 0 Å². The molecule has 0 aromatic carbocycles. The molecule has 0 N–H and O–H groups in total. The molecule has 72 valence electrons. The molecule has 1 atom stereocenters. The molecule has 2 rings (SSSR count). The summed E-state index contributed by atoms with van der Waals surface area (Å²) in [6, 6.07) is 0. The Bertz CT molecular complexity index is 249. The summed E-state index contributed by atoms with van der Waals surface area (Å²) >= 11 is 0. The number of hydrogen-bond donors (Lipinski definition) is 0. The van der Waals surface area contributed by atoms with Crippen LogP contribution >= 0.6 is 0 Å². The maximum atomic E-state index is 5.53. The molecule has 0 aliphatic carbocycles. The highest BCUT2D eigenvalue weighted by Gasteiger charge is 2.15. The molecule has 0 radical (unpaired) electrons. The number of ether oxygens (including phenoxy) is 1. The van der Waals surface area contributed by atoms with Gasteiger partial charge in [-0.1, -0.05) is 0 Å². The van der Waals surface area contributed by atoms with Crippen molar-refractivity contribution in [1.29, 1.82) is 0 Å². The lowest BCUT2D eigenvalue weighted by Crippen LogP contribution is -2.39. The Morgan fingerprint density at radius 3 is 3.23 bits per heavy atom. The fraction of sp³-hybridized carbons (Fsp3) is 0.750. The van der Waals surface area contributed by atoms with Crippen LogP contribution in [0, 0.1) is 0 Å². The SMILES string of the molecule is CC1CN(n2ccnn2)CCCO1. The first-order valence-electron chi connectivity index (χ1n) is 4.59. The van der Waals surface area contributed by atoms with Gasteiger partial charge in [0.1, 0.15) is 0 Å². The van der Waals surface area contributed by atoms with Crippen LogP contribution in [0.1, 0.15) is 13.3 Å². The molecule has 1 fully saturated rings. The van der Waals surface area contributed by atoms with Crippen LogP contribution in [0.4, 0.5) is 0 Å². The smallest absolute Gasteiger partial charge is 0.0738 e. The normalized spacial score (nSPS) is 24.4. The van der Waals surface area contributed by atoms with E-state index < -0.39 is 0 Å². The van der Waals surface area contributed by atoms with E-state index in [4.69, 9.17) is 4.74 Å². The minimum Gasteiger partial charge on any atom is -0.377 e. The Labute approximate surface area is 77.3 Å². The summed E-state index contributed by atoms with van der Waals surface area (Å²) < 4.78 is 5.53. The highest BCUT2D eigenvalue weighted by molar-refractivity contribution is 4.87. The first kappa shape index (κ1) is 8.50. The lowest BCUT2D eigenvalue weighted by atomic mass is 10.4. The van der Waals surface area contributed by atoms with Crippen LogP contribution in [0.2, 0.25) is 0 Å². The highest BCUT2D eigenvalue weighted by Crippen LogP contribution is 2.03. The number of aromatic nitrogens is 3. The molecule has 1 aliphatic heterocycles.